The topological polar surface area (TPSA) is 81.9 Å². The number of carbonyl (C=O) groups is 1. The van der Waals surface area contributed by atoms with Gasteiger partial charge in [0.15, 0.2) is 5.82 Å². The van der Waals surface area contributed by atoms with Crippen molar-refractivity contribution in [3.8, 4) is 17.5 Å². The lowest BCUT2D eigenvalue weighted by molar-refractivity contribution is -0.123. The smallest absolute Gasteiger partial charge is 0.247 e. The van der Waals surface area contributed by atoms with E-state index in [4.69, 9.17) is 5.26 Å². The second-order valence-corrected chi connectivity index (χ2v) is 6.23. The number of benzene rings is 2. The largest absolute Gasteiger partial charge is 0.352 e. The molecule has 0 bridgehead atoms. The van der Waals surface area contributed by atoms with Gasteiger partial charge in [0.2, 0.25) is 5.91 Å². The first-order valence-corrected chi connectivity index (χ1v) is 8.69. The van der Waals surface area contributed by atoms with Crippen molar-refractivity contribution in [2.45, 2.75) is 6.04 Å². The molecule has 1 saturated heterocycles. The van der Waals surface area contributed by atoms with Crippen molar-refractivity contribution in [3.05, 3.63) is 78.0 Å². The van der Waals surface area contributed by atoms with Crippen LogP contribution in [0.15, 0.2) is 66.9 Å². The molecular formula is C21H17N5O. The number of nitriles is 1. The summed E-state index contributed by atoms with van der Waals surface area (Å²) in [6.07, 6.45) is 1.70. The molecule has 2 aromatic carbocycles. The Morgan fingerprint density at radius 3 is 2.59 bits per heavy atom. The fraction of sp³-hybridized carbons (Fsp3) is 0.143. The number of aromatic nitrogens is 2. The zero-order valence-corrected chi connectivity index (χ0v) is 14.5. The average Bonchev–Trinajstić information content (AvgIpc) is 2.74. The van der Waals surface area contributed by atoms with Crippen molar-refractivity contribution < 1.29 is 4.79 Å². The third-order valence-electron chi connectivity index (χ3n) is 4.53. The Hall–Kier alpha value is -3.72. The summed E-state index contributed by atoms with van der Waals surface area (Å²) in [5.74, 6) is 1.23. The van der Waals surface area contributed by atoms with Gasteiger partial charge in [-0.15, -0.1) is 0 Å². The molecule has 4 rings (SSSR count). The molecule has 6 heteroatoms. The van der Waals surface area contributed by atoms with E-state index in [1.807, 2.05) is 53.4 Å². The first kappa shape index (κ1) is 16.7. The number of amides is 1. The minimum absolute atomic E-state index is 0.0361. The van der Waals surface area contributed by atoms with E-state index in [0.717, 1.165) is 11.1 Å². The quantitative estimate of drug-likeness (QED) is 0.781. The zero-order chi connectivity index (χ0) is 18.6. The lowest BCUT2D eigenvalue weighted by atomic mass is 10.0. The highest BCUT2D eigenvalue weighted by Crippen LogP contribution is 2.29. The monoisotopic (exact) mass is 355 g/mol. The van der Waals surface area contributed by atoms with Gasteiger partial charge in [0.1, 0.15) is 11.9 Å². The number of rotatable bonds is 3. The van der Waals surface area contributed by atoms with Gasteiger partial charge in [0.25, 0.3) is 0 Å². The Balaban J connectivity index is 1.71. The van der Waals surface area contributed by atoms with Gasteiger partial charge in [-0.3, -0.25) is 4.79 Å². The molecule has 0 spiro atoms. The van der Waals surface area contributed by atoms with Crippen molar-refractivity contribution in [3.63, 3.8) is 0 Å². The highest BCUT2D eigenvalue weighted by Gasteiger charge is 2.32. The third-order valence-corrected chi connectivity index (χ3v) is 4.53. The van der Waals surface area contributed by atoms with Crippen LogP contribution in [0.25, 0.3) is 11.4 Å². The molecule has 0 radical (unpaired) electrons. The van der Waals surface area contributed by atoms with E-state index < -0.39 is 6.04 Å². The average molecular weight is 355 g/mol. The zero-order valence-electron chi connectivity index (χ0n) is 14.5. The number of hydrogen-bond acceptors (Lipinski definition) is 5. The molecule has 1 atom stereocenters. The SMILES string of the molecule is N#Cc1ccc(-c2nccc(N3CCNC(=O)C3c3ccccc3)n2)cc1. The molecule has 0 aliphatic carbocycles. The van der Waals surface area contributed by atoms with E-state index in [-0.39, 0.29) is 5.91 Å². The van der Waals surface area contributed by atoms with Gasteiger partial charge in [0.05, 0.1) is 11.6 Å². The van der Waals surface area contributed by atoms with Crippen LogP contribution in [0.1, 0.15) is 17.2 Å². The van der Waals surface area contributed by atoms with Crippen LogP contribution in [0.2, 0.25) is 0 Å². The number of nitrogens with one attached hydrogen (secondary N) is 1. The predicted octanol–water partition coefficient (Wildman–Crippen LogP) is 2.69. The second-order valence-electron chi connectivity index (χ2n) is 6.23. The number of nitrogens with zero attached hydrogens (tertiary/aromatic N) is 4. The van der Waals surface area contributed by atoms with Gasteiger partial charge in [0, 0.05) is 24.8 Å². The van der Waals surface area contributed by atoms with Crippen LogP contribution in [-0.4, -0.2) is 29.0 Å². The minimum atomic E-state index is -0.427. The van der Waals surface area contributed by atoms with E-state index in [1.165, 1.54) is 0 Å². The number of carbonyl (C=O) groups excluding carboxylic acids is 1. The second kappa shape index (κ2) is 7.26. The Morgan fingerprint density at radius 1 is 1.07 bits per heavy atom. The van der Waals surface area contributed by atoms with Crippen LogP contribution >= 0.6 is 0 Å². The van der Waals surface area contributed by atoms with Gasteiger partial charge >= 0.3 is 0 Å². The van der Waals surface area contributed by atoms with Gasteiger partial charge in [-0.05, 0) is 35.9 Å². The van der Waals surface area contributed by atoms with E-state index in [1.54, 1.807) is 18.3 Å². The molecule has 1 unspecified atom stereocenters. The van der Waals surface area contributed by atoms with Crippen LogP contribution in [0, 0.1) is 11.3 Å². The normalized spacial score (nSPS) is 16.5. The van der Waals surface area contributed by atoms with Crippen molar-refractivity contribution in [1.29, 1.82) is 5.26 Å². The van der Waals surface area contributed by atoms with Crippen LogP contribution < -0.4 is 10.2 Å². The molecule has 132 valence electrons. The molecule has 1 aliphatic heterocycles. The summed E-state index contributed by atoms with van der Waals surface area (Å²) >= 11 is 0. The van der Waals surface area contributed by atoms with Gasteiger partial charge in [-0.25, -0.2) is 9.97 Å². The van der Waals surface area contributed by atoms with Crippen LogP contribution in [0.5, 0.6) is 0 Å². The van der Waals surface area contributed by atoms with Crippen LogP contribution in [0.3, 0.4) is 0 Å². The predicted molar refractivity (Wildman–Crippen MR) is 102 cm³/mol. The number of anilines is 1. The van der Waals surface area contributed by atoms with Crippen molar-refractivity contribution in [2.75, 3.05) is 18.0 Å². The number of hydrogen-bond donors (Lipinski definition) is 1. The standard InChI is InChI=1S/C21H17N5O/c22-14-15-6-8-17(9-7-15)20-23-11-10-18(25-20)26-13-12-24-21(27)19(26)16-4-2-1-3-5-16/h1-11,19H,12-13H2,(H,24,27). The lowest BCUT2D eigenvalue weighted by Gasteiger charge is -2.36. The van der Waals surface area contributed by atoms with Crippen molar-refractivity contribution in [1.82, 2.24) is 15.3 Å². The van der Waals surface area contributed by atoms with E-state index in [2.05, 4.69) is 21.4 Å². The Bertz CT molecular complexity index is 995. The fourth-order valence-electron chi connectivity index (χ4n) is 3.22. The molecular weight excluding hydrogens is 338 g/mol. The summed E-state index contributed by atoms with van der Waals surface area (Å²) in [7, 11) is 0. The fourth-order valence-corrected chi connectivity index (χ4v) is 3.22. The molecule has 3 aromatic rings. The molecule has 1 N–H and O–H groups in total. The maximum atomic E-state index is 12.6. The van der Waals surface area contributed by atoms with Gasteiger partial charge < -0.3 is 10.2 Å². The summed E-state index contributed by atoms with van der Waals surface area (Å²) in [5.41, 5.74) is 2.34. The Morgan fingerprint density at radius 2 is 1.85 bits per heavy atom. The maximum Gasteiger partial charge on any atom is 0.247 e. The van der Waals surface area contributed by atoms with Crippen LogP contribution in [0.4, 0.5) is 5.82 Å². The highest BCUT2D eigenvalue weighted by molar-refractivity contribution is 5.87. The Labute approximate surface area is 157 Å². The molecule has 1 aromatic heterocycles. The molecule has 6 nitrogen and oxygen atoms in total. The summed E-state index contributed by atoms with van der Waals surface area (Å²) in [6, 6.07) is 20.3. The molecule has 0 saturated carbocycles. The van der Waals surface area contributed by atoms with E-state index >= 15 is 0 Å². The highest BCUT2D eigenvalue weighted by atomic mass is 16.2. The van der Waals surface area contributed by atoms with Crippen LogP contribution in [-0.2, 0) is 4.79 Å². The molecule has 1 aliphatic rings. The lowest BCUT2D eigenvalue weighted by Crippen LogP contribution is -2.50. The van der Waals surface area contributed by atoms with Crippen molar-refractivity contribution in [2.24, 2.45) is 0 Å². The number of piperazine rings is 1. The summed E-state index contributed by atoms with van der Waals surface area (Å²) in [6.45, 7) is 1.23. The van der Waals surface area contributed by atoms with E-state index in [9.17, 15) is 4.79 Å². The minimum Gasteiger partial charge on any atom is -0.352 e. The van der Waals surface area contributed by atoms with Gasteiger partial charge in [-0.1, -0.05) is 30.3 Å². The molecule has 27 heavy (non-hydrogen) atoms. The summed E-state index contributed by atoms with van der Waals surface area (Å²) in [4.78, 5) is 23.6. The van der Waals surface area contributed by atoms with Crippen molar-refractivity contribution >= 4 is 11.7 Å². The van der Waals surface area contributed by atoms with E-state index in [0.29, 0.717) is 30.3 Å². The molecule has 1 amide bonds. The molecule has 2 heterocycles. The first-order chi connectivity index (χ1) is 13.3. The Kier molecular flexibility index (Phi) is 4.50. The summed E-state index contributed by atoms with van der Waals surface area (Å²) < 4.78 is 0. The molecule has 1 fully saturated rings. The first-order valence-electron chi connectivity index (χ1n) is 8.69. The maximum absolute atomic E-state index is 12.6. The third kappa shape index (κ3) is 3.35. The summed E-state index contributed by atoms with van der Waals surface area (Å²) in [5, 5.41) is 11.9. The van der Waals surface area contributed by atoms with Gasteiger partial charge in [-0.2, -0.15) is 5.26 Å².